The molecule has 0 bridgehead atoms. The summed E-state index contributed by atoms with van der Waals surface area (Å²) in [6.07, 6.45) is 0.0534. The second-order valence-electron chi connectivity index (χ2n) is 6.26. The van der Waals surface area contributed by atoms with Gasteiger partial charge in [0.1, 0.15) is 11.4 Å². The van der Waals surface area contributed by atoms with Crippen LogP contribution in [-0.4, -0.2) is 64.9 Å². The van der Waals surface area contributed by atoms with Crippen molar-refractivity contribution < 1.29 is 19.1 Å². The number of rotatable bonds is 5. The van der Waals surface area contributed by atoms with Gasteiger partial charge in [-0.3, -0.25) is 14.5 Å². The molecule has 1 N–H and O–H groups in total. The van der Waals surface area contributed by atoms with E-state index in [1.165, 1.54) is 19.9 Å². The van der Waals surface area contributed by atoms with Gasteiger partial charge in [0.25, 0.3) is 0 Å². The first-order valence-corrected chi connectivity index (χ1v) is 7.76. The first-order chi connectivity index (χ1) is 10.8. The minimum absolute atomic E-state index is 0.0534. The summed E-state index contributed by atoms with van der Waals surface area (Å²) < 4.78 is 13.6. The maximum Gasteiger partial charge on any atom is 0.227 e. The van der Waals surface area contributed by atoms with Crippen LogP contribution in [0.15, 0.2) is 24.3 Å². The van der Waals surface area contributed by atoms with E-state index < -0.39 is 5.60 Å². The van der Waals surface area contributed by atoms with Gasteiger partial charge in [-0.15, -0.1) is 0 Å². The Bertz CT molecular complexity index is 581. The van der Waals surface area contributed by atoms with E-state index in [1.807, 2.05) is 4.90 Å². The molecule has 23 heavy (non-hydrogen) atoms. The van der Waals surface area contributed by atoms with Gasteiger partial charge in [-0.05, 0) is 25.5 Å². The molecule has 1 fully saturated rings. The molecule has 1 aromatic carbocycles. The maximum absolute atomic E-state index is 13.6. The zero-order chi connectivity index (χ0) is 17.0. The maximum atomic E-state index is 13.6. The van der Waals surface area contributed by atoms with Crippen LogP contribution in [0, 0.1) is 5.82 Å². The molecule has 0 radical (unpaired) electrons. The number of β-amino-alcohol motifs (C(OH)–C–C–N with tert-alkyl or cyclic N) is 1. The highest BCUT2D eigenvalue weighted by Crippen LogP contribution is 2.13. The van der Waals surface area contributed by atoms with E-state index in [9.17, 15) is 19.1 Å². The molecule has 1 aromatic rings. The van der Waals surface area contributed by atoms with Crippen LogP contribution in [0.2, 0.25) is 0 Å². The van der Waals surface area contributed by atoms with Crippen molar-refractivity contribution in [3.8, 4) is 0 Å². The third-order valence-electron chi connectivity index (χ3n) is 4.31. The molecular formula is C17H23FN2O3. The molecule has 0 aromatic heterocycles. The lowest BCUT2D eigenvalue weighted by molar-refractivity contribution is -0.138. The van der Waals surface area contributed by atoms with Crippen molar-refractivity contribution in [3.05, 3.63) is 35.6 Å². The van der Waals surface area contributed by atoms with E-state index in [0.717, 1.165) is 0 Å². The Morgan fingerprint density at radius 2 is 1.83 bits per heavy atom. The number of benzene rings is 1. The van der Waals surface area contributed by atoms with Gasteiger partial charge in [-0.1, -0.05) is 18.2 Å². The molecule has 1 unspecified atom stereocenters. The largest absolute Gasteiger partial charge is 0.381 e. The number of carbonyl (C=O) groups excluding carboxylic acids is 2. The molecule has 1 aliphatic rings. The van der Waals surface area contributed by atoms with Gasteiger partial charge in [-0.2, -0.15) is 0 Å². The van der Waals surface area contributed by atoms with Crippen LogP contribution in [0.25, 0.3) is 0 Å². The number of halogens is 1. The molecule has 1 heterocycles. The molecule has 2 rings (SSSR count). The van der Waals surface area contributed by atoms with E-state index in [-0.39, 0.29) is 30.5 Å². The van der Waals surface area contributed by atoms with E-state index in [2.05, 4.69) is 0 Å². The number of hydrogen-bond acceptors (Lipinski definition) is 4. The fourth-order valence-corrected chi connectivity index (χ4v) is 2.62. The molecule has 1 atom stereocenters. The third kappa shape index (κ3) is 4.59. The van der Waals surface area contributed by atoms with Crippen LogP contribution in [-0.2, 0) is 16.0 Å². The quantitative estimate of drug-likeness (QED) is 0.873. The van der Waals surface area contributed by atoms with Gasteiger partial charge in [0.05, 0.1) is 6.42 Å². The van der Waals surface area contributed by atoms with Crippen LogP contribution in [0.1, 0.15) is 19.4 Å². The van der Waals surface area contributed by atoms with E-state index in [0.29, 0.717) is 31.7 Å². The topological polar surface area (TPSA) is 60.9 Å². The summed E-state index contributed by atoms with van der Waals surface area (Å²) in [5.41, 5.74) is -0.959. The number of ketones is 1. The summed E-state index contributed by atoms with van der Waals surface area (Å²) >= 11 is 0. The highest BCUT2D eigenvalue weighted by atomic mass is 19.1. The molecule has 0 aliphatic carbocycles. The Morgan fingerprint density at radius 3 is 2.39 bits per heavy atom. The van der Waals surface area contributed by atoms with E-state index in [1.54, 1.807) is 23.1 Å². The van der Waals surface area contributed by atoms with Crippen molar-refractivity contribution in [1.82, 2.24) is 9.80 Å². The lowest BCUT2D eigenvalue weighted by Crippen LogP contribution is -2.54. The summed E-state index contributed by atoms with van der Waals surface area (Å²) in [6, 6.07) is 6.29. The molecule has 0 saturated carbocycles. The van der Waals surface area contributed by atoms with E-state index in [4.69, 9.17) is 0 Å². The number of amides is 1. The van der Waals surface area contributed by atoms with Gasteiger partial charge in [0.2, 0.25) is 5.91 Å². The minimum Gasteiger partial charge on any atom is -0.381 e. The molecule has 126 valence electrons. The Kier molecular flexibility index (Phi) is 5.49. The van der Waals surface area contributed by atoms with Crippen LogP contribution in [0.4, 0.5) is 4.39 Å². The van der Waals surface area contributed by atoms with Crippen molar-refractivity contribution in [1.29, 1.82) is 0 Å². The average molecular weight is 322 g/mol. The monoisotopic (exact) mass is 322 g/mol. The van der Waals surface area contributed by atoms with Crippen molar-refractivity contribution in [2.45, 2.75) is 25.9 Å². The van der Waals surface area contributed by atoms with E-state index >= 15 is 0 Å². The Morgan fingerprint density at radius 1 is 1.22 bits per heavy atom. The summed E-state index contributed by atoms with van der Waals surface area (Å²) in [6.45, 7) is 5.35. The summed E-state index contributed by atoms with van der Waals surface area (Å²) in [5.74, 6) is -0.736. The summed E-state index contributed by atoms with van der Waals surface area (Å²) in [5, 5.41) is 10.0. The number of Topliss-reactive ketones (excluding diaryl/α,β-unsaturated/α-hetero) is 1. The Labute approximate surface area is 135 Å². The molecule has 1 amide bonds. The first-order valence-electron chi connectivity index (χ1n) is 7.76. The predicted molar refractivity (Wildman–Crippen MR) is 84.4 cm³/mol. The van der Waals surface area contributed by atoms with Crippen LogP contribution < -0.4 is 0 Å². The Hall–Kier alpha value is -1.79. The van der Waals surface area contributed by atoms with Gasteiger partial charge >= 0.3 is 0 Å². The second-order valence-corrected chi connectivity index (χ2v) is 6.26. The van der Waals surface area contributed by atoms with Gasteiger partial charge in [-0.25, -0.2) is 4.39 Å². The zero-order valence-electron chi connectivity index (χ0n) is 13.6. The SMILES string of the molecule is CC(=O)C(C)(O)CN1CCN(C(=O)Cc2ccccc2F)CC1. The van der Waals surface area contributed by atoms with Crippen molar-refractivity contribution in [3.63, 3.8) is 0 Å². The van der Waals surface area contributed by atoms with Crippen LogP contribution in [0.5, 0.6) is 0 Å². The van der Waals surface area contributed by atoms with Crippen LogP contribution in [0.3, 0.4) is 0 Å². The van der Waals surface area contributed by atoms with Crippen LogP contribution >= 0.6 is 0 Å². The number of carbonyl (C=O) groups is 2. The number of aliphatic hydroxyl groups is 1. The number of hydrogen-bond donors (Lipinski definition) is 1. The second kappa shape index (κ2) is 7.19. The highest BCUT2D eigenvalue weighted by Gasteiger charge is 2.31. The number of nitrogens with zero attached hydrogens (tertiary/aromatic N) is 2. The lowest BCUT2D eigenvalue weighted by atomic mass is 10.0. The van der Waals surface area contributed by atoms with Gasteiger partial charge in [0.15, 0.2) is 5.78 Å². The molecule has 1 saturated heterocycles. The van der Waals surface area contributed by atoms with Gasteiger partial charge < -0.3 is 10.0 Å². The fraction of sp³-hybridized carbons (Fsp3) is 0.529. The number of piperazine rings is 1. The normalized spacial score (nSPS) is 18.5. The molecular weight excluding hydrogens is 299 g/mol. The smallest absolute Gasteiger partial charge is 0.227 e. The third-order valence-corrected chi connectivity index (χ3v) is 4.31. The minimum atomic E-state index is -1.36. The fourth-order valence-electron chi connectivity index (χ4n) is 2.62. The molecule has 0 spiro atoms. The molecule has 6 heteroatoms. The van der Waals surface area contributed by atoms with Crippen molar-refractivity contribution in [2.24, 2.45) is 0 Å². The lowest BCUT2D eigenvalue weighted by Gasteiger charge is -2.37. The Balaban J connectivity index is 1.86. The predicted octanol–water partition coefficient (Wildman–Crippen LogP) is 0.852. The molecule has 1 aliphatic heterocycles. The zero-order valence-corrected chi connectivity index (χ0v) is 13.6. The standard InChI is InChI=1S/C17H23FN2O3/c1-13(21)17(2,23)12-19-7-9-20(10-8-19)16(22)11-14-5-3-4-6-15(14)18/h3-6,23H,7-12H2,1-2H3. The first kappa shape index (κ1) is 17.6. The highest BCUT2D eigenvalue weighted by molar-refractivity contribution is 5.84. The average Bonchev–Trinajstić information content (AvgIpc) is 2.49. The summed E-state index contributed by atoms with van der Waals surface area (Å²) in [7, 11) is 0. The van der Waals surface area contributed by atoms with Gasteiger partial charge in [0, 0.05) is 32.7 Å². The molecule has 5 nitrogen and oxygen atoms in total. The summed E-state index contributed by atoms with van der Waals surface area (Å²) in [4.78, 5) is 27.3. The van der Waals surface area contributed by atoms with Crippen molar-refractivity contribution in [2.75, 3.05) is 32.7 Å². The van der Waals surface area contributed by atoms with Crippen molar-refractivity contribution >= 4 is 11.7 Å².